The average Bonchev–Trinajstić information content (AvgIpc) is 3.22. The summed E-state index contributed by atoms with van der Waals surface area (Å²) in [4.78, 5) is 19.6. The molecule has 37 heavy (non-hydrogen) atoms. The summed E-state index contributed by atoms with van der Waals surface area (Å²) in [5.74, 6) is -4.77. The van der Waals surface area contributed by atoms with Gasteiger partial charge in [0.25, 0.3) is 0 Å². The Bertz CT molecular complexity index is 1280. The molecule has 2 aromatic rings. The summed E-state index contributed by atoms with van der Waals surface area (Å²) in [5, 5.41) is 31.0. The molecule has 1 fully saturated rings. The number of allylic oxidation sites excluding steroid dienone is 2. The van der Waals surface area contributed by atoms with Crippen molar-refractivity contribution in [2.45, 2.75) is 44.1 Å². The molecule has 5 atom stereocenters. The van der Waals surface area contributed by atoms with Crippen LogP contribution in [-0.2, 0) is 11.2 Å². The van der Waals surface area contributed by atoms with Gasteiger partial charge in [0.1, 0.15) is 17.5 Å². The second kappa shape index (κ2) is 9.47. The number of fused-ring (bicyclic) bond motifs is 1. The van der Waals surface area contributed by atoms with E-state index in [0.29, 0.717) is 36.3 Å². The van der Waals surface area contributed by atoms with Crippen molar-refractivity contribution in [2.24, 2.45) is 11.7 Å². The first-order chi connectivity index (χ1) is 17.6. The minimum atomic E-state index is -1.51. The van der Waals surface area contributed by atoms with E-state index in [1.54, 1.807) is 0 Å². The molecule has 1 saturated heterocycles. The summed E-state index contributed by atoms with van der Waals surface area (Å²) in [5.41, 5.74) is 6.48. The topological polar surface area (TPSA) is 123 Å². The molecule has 0 bridgehead atoms. The number of carboxylic acids is 1. The number of halogens is 3. The molecular weight excluding hydrogens is 489 g/mol. The lowest BCUT2D eigenvalue weighted by atomic mass is 9.91. The fraction of sp³-hybridized carbons (Fsp3) is 0.385. The molecule has 0 saturated carbocycles. The Morgan fingerprint density at radius 1 is 1.16 bits per heavy atom. The molecule has 5 rings (SSSR count). The number of aliphatic carboxylic acids is 1. The first-order valence-corrected chi connectivity index (χ1v) is 12.0. The van der Waals surface area contributed by atoms with Crippen LogP contribution < -0.4 is 15.5 Å². The normalized spacial score (nSPS) is 27.6. The molecule has 0 amide bonds. The Hall–Kier alpha value is -3.41. The first kappa shape index (κ1) is 25.2. The van der Waals surface area contributed by atoms with Crippen LogP contribution in [0, 0.1) is 17.6 Å². The van der Waals surface area contributed by atoms with Crippen molar-refractivity contribution >= 4 is 23.0 Å². The zero-order chi connectivity index (χ0) is 26.6. The van der Waals surface area contributed by atoms with Crippen molar-refractivity contribution in [1.82, 2.24) is 4.98 Å². The lowest BCUT2D eigenvalue weighted by Crippen LogP contribution is -2.56. The lowest BCUT2D eigenvalue weighted by molar-refractivity contribution is -0.137. The predicted octanol–water partition coefficient (Wildman–Crippen LogP) is 2.65. The second-order valence-electron chi connectivity index (χ2n) is 9.75. The van der Waals surface area contributed by atoms with Gasteiger partial charge in [0.05, 0.1) is 46.7 Å². The van der Waals surface area contributed by atoms with E-state index in [1.165, 1.54) is 6.20 Å². The van der Waals surface area contributed by atoms with Gasteiger partial charge >= 0.3 is 5.97 Å². The molecule has 3 aliphatic rings. The molecule has 2 aliphatic heterocycles. The molecule has 196 valence electrons. The minimum Gasteiger partial charge on any atom is -0.479 e. The molecule has 1 aromatic carbocycles. The third-order valence-electron chi connectivity index (χ3n) is 7.31. The second-order valence-corrected chi connectivity index (χ2v) is 9.75. The van der Waals surface area contributed by atoms with Crippen molar-refractivity contribution < 1.29 is 33.3 Å². The highest BCUT2D eigenvalue weighted by atomic mass is 19.1. The zero-order valence-electron chi connectivity index (χ0n) is 20.0. The molecule has 8 nitrogen and oxygen atoms in total. The van der Waals surface area contributed by atoms with Crippen LogP contribution in [0.15, 0.2) is 42.4 Å². The highest BCUT2D eigenvalue weighted by Gasteiger charge is 2.41. The number of carbonyl (C=O) groups is 1. The predicted molar refractivity (Wildman–Crippen MR) is 130 cm³/mol. The highest BCUT2D eigenvalue weighted by molar-refractivity contribution is 5.97. The van der Waals surface area contributed by atoms with Gasteiger partial charge in [-0.2, -0.15) is 0 Å². The number of hydrogen-bond donors (Lipinski definition) is 4. The molecule has 0 spiro atoms. The first-order valence-electron chi connectivity index (χ1n) is 12.0. The number of hydrogen-bond acceptors (Lipinski definition) is 7. The maximum absolute atomic E-state index is 15.4. The average molecular weight is 517 g/mol. The van der Waals surface area contributed by atoms with E-state index >= 15 is 4.39 Å². The van der Waals surface area contributed by atoms with Crippen molar-refractivity contribution in [2.75, 3.05) is 22.9 Å². The Labute approximate surface area is 211 Å². The highest BCUT2D eigenvalue weighted by Crippen LogP contribution is 2.47. The number of nitrogens with two attached hydrogens (primary N) is 1. The van der Waals surface area contributed by atoms with Gasteiger partial charge in [0.2, 0.25) is 0 Å². The van der Waals surface area contributed by atoms with Crippen LogP contribution in [0.1, 0.15) is 36.3 Å². The van der Waals surface area contributed by atoms with E-state index in [0.717, 1.165) is 35.3 Å². The maximum atomic E-state index is 15.4. The number of nitrogens with zero attached hydrogens (tertiary/aromatic N) is 3. The molecule has 2 unspecified atom stereocenters. The fourth-order valence-electron chi connectivity index (χ4n) is 5.55. The Balaban J connectivity index is 1.77. The number of pyridine rings is 1. The third-order valence-corrected chi connectivity index (χ3v) is 7.31. The number of aliphatic hydroxyl groups excluding tert-OH is 2. The third kappa shape index (κ3) is 4.16. The van der Waals surface area contributed by atoms with E-state index in [9.17, 15) is 28.9 Å². The maximum Gasteiger partial charge on any atom is 0.330 e. The van der Waals surface area contributed by atoms with Crippen LogP contribution >= 0.6 is 0 Å². The van der Waals surface area contributed by atoms with Crippen LogP contribution in [0.3, 0.4) is 0 Å². The number of aromatic nitrogens is 1. The number of benzene rings is 1. The van der Waals surface area contributed by atoms with Crippen LogP contribution in [0.5, 0.6) is 0 Å². The van der Waals surface area contributed by atoms with E-state index in [2.05, 4.69) is 4.98 Å². The van der Waals surface area contributed by atoms with Crippen molar-refractivity contribution in [3.8, 4) is 0 Å². The number of piperidine rings is 1. The quantitative estimate of drug-likeness (QED) is 0.489. The number of anilines is 2. The molecule has 1 aromatic heterocycles. The SMILES string of the molecule is C[C@H]1CN(c2c(N3C(c4c(F)cccc4F)=C(F)C=CC3C(=O)O)cnc3c2CCC3O)C[C@@H](N)[C@@H]1O. The summed E-state index contributed by atoms with van der Waals surface area (Å²) in [7, 11) is 0. The summed E-state index contributed by atoms with van der Waals surface area (Å²) < 4.78 is 45.4. The summed E-state index contributed by atoms with van der Waals surface area (Å²) in [6.45, 7) is 2.32. The summed E-state index contributed by atoms with van der Waals surface area (Å²) in [6, 6.07) is 0.917. The van der Waals surface area contributed by atoms with Gasteiger partial charge in [-0.1, -0.05) is 13.0 Å². The number of aliphatic hydroxyl groups is 2. The Morgan fingerprint density at radius 2 is 1.86 bits per heavy atom. The van der Waals surface area contributed by atoms with Crippen LogP contribution in [0.25, 0.3) is 5.70 Å². The summed E-state index contributed by atoms with van der Waals surface area (Å²) in [6.07, 6.45) is 2.42. The zero-order valence-corrected chi connectivity index (χ0v) is 20.0. The smallest absolute Gasteiger partial charge is 0.330 e. The van der Waals surface area contributed by atoms with E-state index < -0.39 is 59.0 Å². The lowest BCUT2D eigenvalue weighted by Gasteiger charge is -2.43. The standard InChI is InChI=1S/C26H27F3N4O4/c1-12-10-32(11-17(30)25(12)35)23-13-5-8-20(34)22(13)31-9-19(23)33-18(26(36)37)7-6-16(29)24(33)21-14(27)3-2-4-15(21)28/h2-4,6-7,9,12,17-18,20,25,34-35H,5,8,10-11,30H2,1H3,(H,36,37)/t12-,17+,18?,20?,25+/m0/s1. The van der Waals surface area contributed by atoms with Crippen molar-refractivity contribution in [3.05, 3.63) is 70.8 Å². The van der Waals surface area contributed by atoms with E-state index in [-0.39, 0.29) is 18.2 Å². The Morgan fingerprint density at radius 3 is 2.51 bits per heavy atom. The van der Waals surface area contributed by atoms with Gasteiger partial charge in [0, 0.05) is 30.6 Å². The van der Waals surface area contributed by atoms with E-state index in [1.807, 2.05) is 11.8 Å². The van der Waals surface area contributed by atoms with Crippen molar-refractivity contribution in [1.29, 1.82) is 0 Å². The summed E-state index contributed by atoms with van der Waals surface area (Å²) >= 11 is 0. The van der Waals surface area contributed by atoms with Crippen LogP contribution in [0.2, 0.25) is 0 Å². The van der Waals surface area contributed by atoms with Gasteiger partial charge in [-0.15, -0.1) is 0 Å². The molecule has 3 heterocycles. The van der Waals surface area contributed by atoms with Gasteiger partial charge in [-0.05, 0) is 37.1 Å². The van der Waals surface area contributed by atoms with Gasteiger partial charge in [0.15, 0.2) is 6.04 Å². The largest absolute Gasteiger partial charge is 0.479 e. The molecular formula is C26H27F3N4O4. The monoisotopic (exact) mass is 516 g/mol. The minimum absolute atomic E-state index is 0.105. The molecule has 0 radical (unpaired) electrons. The van der Waals surface area contributed by atoms with Gasteiger partial charge in [-0.25, -0.2) is 18.0 Å². The van der Waals surface area contributed by atoms with Crippen LogP contribution in [0.4, 0.5) is 24.5 Å². The number of rotatable bonds is 4. The Kier molecular flexibility index (Phi) is 6.47. The molecule has 1 aliphatic carbocycles. The fourth-order valence-corrected chi connectivity index (χ4v) is 5.55. The van der Waals surface area contributed by atoms with Crippen LogP contribution in [-0.4, -0.2) is 57.6 Å². The molecule has 11 heteroatoms. The van der Waals surface area contributed by atoms with Gasteiger partial charge in [-0.3, -0.25) is 4.98 Å². The van der Waals surface area contributed by atoms with Gasteiger partial charge < -0.3 is 30.9 Å². The molecule has 5 N–H and O–H groups in total. The van der Waals surface area contributed by atoms with Crippen molar-refractivity contribution in [3.63, 3.8) is 0 Å². The number of carboxylic acid groups (broad SMARTS) is 1. The van der Waals surface area contributed by atoms with E-state index in [4.69, 9.17) is 5.73 Å².